The van der Waals surface area contributed by atoms with Gasteiger partial charge < -0.3 is 5.32 Å². The van der Waals surface area contributed by atoms with Crippen molar-refractivity contribution in [3.63, 3.8) is 0 Å². The van der Waals surface area contributed by atoms with Crippen LogP contribution in [0.1, 0.15) is 16.1 Å². The Labute approximate surface area is 140 Å². The summed E-state index contributed by atoms with van der Waals surface area (Å²) in [5, 5.41) is 6.83. The number of anilines is 1. The predicted molar refractivity (Wildman–Crippen MR) is 82.4 cm³/mol. The van der Waals surface area contributed by atoms with E-state index in [1.54, 1.807) is 13.0 Å². The lowest BCUT2D eigenvalue weighted by Gasteiger charge is -2.12. The molecule has 0 unspecified atom stereocenters. The number of amides is 1. The van der Waals surface area contributed by atoms with Gasteiger partial charge in [-0.25, -0.2) is 8.78 Å². The van der Waals surface area contributed by atoms with E-state index in [0.29, 0.717) is 16.3 Å². The summed E-state index contributed by atoms with van der Waals surface area (Å²) in [6, 6.07) is 4.29. The standard InChI is InChI=1S/C13H10Cl3F2N3O/c1-6-2-7(14)3-8(15)12(6)19-13(22)9-4-10(16)20-21(9)5-11(17)18/h2-4,11H,5H2,1H3,(H,19,22). The summed E-state index contributed by atoms with van der Waals surface area (Å²) >= 11 is 17.6. The zero-order valence-electron chi connectivity index (χ0n) is 11.2. The molecule has 0 saturated carbocycles. The van der Waals surface area contributed by atoms with Crippen molar-refractivity contribution in [1.82, 2.24) is 9.78 Å². The third-order valence-electron chi connectivity index (χ3n) is 2.78. The van der Waals surface area contributed by atoms with Gasteiger partial charge in [0.15, 0.2) is 5.15 Å². The summed E-state index contributed by atoms with van der Waals surface area (Å²) in [6.45, 7) is 0.972. The van der Waals surface area contributed by atoms with Crippen LogP contribution in [-0.4, -0.2) is 22.1 Å². The van der Waals surface area contributed by atoms with Gasteiger partial charge in [-0.1, -0.05) is 34.8 Å². The zero-order valence-corrected chi connectivity index (χ0v) is 13.5. The van der Waals surface area contributed by atoms with Gasteiger partial charge in [-0.3, -0.25) is 9.48 Å². The number of hydrogen-bond acceptors (Lipinski definition) is 2. The SMILES string of the molecule is Cc1cc(Cl)cc(Cl)c1NC(=O)c1cc(Cl)nn1CC(F)F. The second kappa shape index (κ2) is 6.81. The van der Waals surface area contributed by atoms with Crippen molar-refractivity contribution in [2.45, 2.75) is 19.9 Å². The molecule has 0 spiro atoms. The highest BCUT2D eigenvalue weighted by Gasteiger charge is 2.19. The number of hydrogen-bond donors (Lipinski definition) is 1. The number of aryl methyl sites for hydroxylation is 1. The minimum atomic E-state index is -2.66. The molecule has 1 heterocycles. The minimum absolute atomic E-state index is 0.0512. The molecule has 1 aromatic heterocycles. The summed E-state index contributed by atoms with van der Waals surface area (Å²) in [7, 11) is 0. The highest BCUT2D eigenvalue weighted by molar-refractivity contribution is 6.37. The first-order valence-corrected chi connectivity index (χ1v) is 7.20. The van der Waals surface area contributed by atoms with E-state index in [2.05, 4.69) is 10.4 Å². The average molecular weight is 369 g/mol. The Morgan fingerprint density at radius 3 is 2.59 bits per heavy atom. The Morgan fingerprint density at radius 2 is 2.00 bits per heavy atom. The maximum atomic E-state index is 12.5. The van der Waals surface area contributed by atoms with Crippen LogP contribution >= 0.6 is 34.8 Å². The van der Waals surface area contributed by atoms with Crippen LogP contribution in [-0.2, 0) is 6.54 Å². The number of carbonyl (C=O) groups is 1. The molecule has 2 aromatic rings. The molecule has 0 aliphatic carbocycles. The molecule has 4 nitrogen and oxygen atoms in total. The molecule has 2 rings (SSSR count). The topological polar surface area (TPSA) is 46.9 Å². The zero-order chi connectivity index (χ0) is 16.4. The number of alkyl halides is 2. The van der Waals surface area contributed by atoms with E-state index in [1.807, 2.05) is 0 Å². The molecule has 0 bridgehead atoms. The van der Waals surface area contributed by atoms with Gasteiger partial charge in [0.05, 0.1) is 10.7 Å². The molecule has 1 amide bonds. The Morgan fingerprint density at radius 1 is 1.32 bits per heavy atom. The third kappa shape index (κ3) is 3.88. The predicted octanol–water partition coefficient (Wildman–Crippen LogP) is 4.67. The van der Waals surface area contributed by atoms with Gasteiger partial charge >= 0.3 is 0 Å². The molecule has 0 aliphatic rings. The quantitative estimate of drug-likeness (QED) is 0.852. The molecular formula is C13H10Cl3F2N3O. The fraction of sp³-hybridized carbons (Fsp3) is 0.231. The van der Waals surface area contributed by atoms with Gasteiger partial charge in [0.2, 0.25) is 0 Å². The molecule has 1 N–H and O–H groups in total. The fourth-order valence-electron chi connectivity index (χ4n) is 1.88. The number of halogens is 5. The first-order chi connectivity index (χ1) is 10.3. The summed E-state index contributed by atoms with van der Waals surface area (Å²) in [4.78, 5) is 12.3. The molecule has 0 fully saturated rings. The van der Waals surface area contributed by atoms with Gasteiger partial charge in [0.1, 0.15) is 12.2 Å². The van der Waals surface area contributed by atoms with Crippen LogP contribution in [0.3, 0.4) is 0 Å². The van der Waals surface area contributed by atoms with Crippen LogP contribution in [0.4, 0.5) is 14.5 Å². The highest BCUT2D eigenvalue weighted by Crippen LogP contribution is 2.30. The van der Waals surface area contributed by atoms with Gasteiger partial charge in [-0.15, -0.1) is 0 Å². The second-order valence-electron chi connectivity index (χ2n) is 4.46. The molecule has 0 atom stereocenters. The van der Waals surface area contributed by atoms with Crippen molar-refractivity contribution in [3.8, 4) is 0 Å². The number of rotatable bonds is 4. The van der Waals surface area contributed by atoms with Crippen molar-refractivity contribution >= 4 is 46.4 Å². The van der Waals surface area contributed by atoms with Crippen LogP contribution in [0.2, 0.25) is 15.2 Å². The number of aromatic nitrogens is 2. The van der Waals surface area contributed by atoms with Crippen LogP contribution < -0.4 is 5.32 Å². The number of benzene rings is 1. The molecule has 0 radical (unpaired) electrons. The second-order valence-corrected chi connectivity index (χ2v) is 5.69. The highest BCUT2D eigenvalue weighted by atomic mass is 35.5. The summed E-state index contributed by atoms with van der Waals surface area (Å²) < 4.78 is 25.9. The Bertz CT molecular complexity index is 696. The van der Waals surface area contributed by atoms with Gasteiger partial charge in [0, 0.05) is 11.1 Å². The maximum Gasteiger partial charge on any atom is 0.274 e. The average Bonchev–Trinajstić information content (AvgIpc) is 2.73. The molecule has 0 saturated heterocycles. The molecule has 22 heavy (non-hydrogen) atoms. The first-order valence-electron chi connectivity index (χ1n) is 6.06. The van der Waals surface area contributed by atoms with Crippen molar-refractivity contribution in [3.05, 3.63) is 44.7 Å². The minimum Gasteiger partial charge on any atom is -0.319 e. The number of nitrogens with one attached hydrogen (secondary N) is 1. The van der Waals surface area contributed by atoms with Gasteiger partial charge in [0.25, 0.3) is 12.3 Å². The summed E-state index contributed by atoms with van der Waals surface area (Å²) in [6.07, 6.45) is -2.66. The third-order valence-corrected chi connectivity index (χ3v) is 3.49. The largest absolute Gasteiger partial charge is 0.319 e. The Balaban J connectivity index is 2.30. The number of nitrogens with zero attached hydrogens (tertiary/aromatic N) is 2. The van der Waals surface area contributed by atoms with Crippen LogP contribution in [0, 0.1) is 6.92 Å². The van der Waals surface area contributed by atoms with E-state index < -0.39 is 18.9 Å². The van der Waals surface area contributed by atoms with Crippen LogP contribution in [0.15, 0.2) is 18.2 Å². The lowest BCUT2D eigenvalue weighted by molar-refractivity contribution is 0.0989. The lowest BCUT2D eigenvalue weighted by atomic mass is 10.2. The summed E-state index contributed by atoms with van der Waals surface area (Å²) in [5.74, 6) is -0.646. The van der Waals surface area contributed by atoms with E-state index in [9.17, 15) is 13.6 Å². The van der Waals surface area contributed by atoms with Crippen LogP contribution in [0.25, 0.3) is 0 Å². The van der Waals surface area contributed by atoms with E-state index in [0.717, 1.165) is 4.68 Å². The number of carbonyl (C=O) groups excluding carboxylic acids is 1. The van der Waals surface area contributed by atoms with E-state index in [4.69, 9.17) is 34.8 Å². The normalized spacial score (nSPS) is 11.0. The van der Waals surface area contributed by atoms with Crippen molar-refractivity contribution in [2.75, 3.05) is 5.32 Å². The van der Waals surface area contributed by atoms with E-state index in [1.165, 1.54) is 12.1 Å². The van der Waals surface area contributed by atoms with Crippen LogP contribution in [0.5, 0.6) is 0 Å². The van der Waals surface area contributed by atoms with Gasteiger partial charge in [-0.05, 0) is 24.6 Å². The Kier molecular flexibility index (Phi) is 5.26. The Hall–Kier alpha value is -1.37. The van der Waals surface area contributed by atoms with Gasteiger partial charge in [-0.2, -0.15) is 5.10 Å². The maximum absolute atomic E-state index is 12.5. The smallest absolute Gasteiger partial charge is 0.274 e. The van der Waals surface area contributed by atoms with Crippen molar-refractivity contribution in [1.29, 1.82) is 0 Å². The lowest BCUT2D eigenvalue weighted by Crippen LogP contribution is -2.20. The fourth-order valence-corrected chi connectivity index (χ4v) is 2.71. The van der Waals surface area contributed by atoms with Crippen molar-refractivity contribution in [2.24, 2.45) is 0 Å². The molecule has 0 aliphatic heterocycles. The van der Waals surface area contributed by atoms with E-state index >= 15 is 0 Å². The monoisotopic (exact) mass is 367 g/mol. The summed E-state index contributed by atoms with van der Waals surface area (Å²) in [5.41, 5.74) is 0.893. The molecule has 118 valence electrons. The van der Waals surface area contributed by atoms with Crippen molar-refractivity contribution < 1.29 is 13.6 Å². The molecule has 9 heteroatoms. The molecular weight excluding hydrogens is 359 g/mol. The first kappa shape index (κ1) is 17.0. The molecule has 1 aromatic carbocycles. The van der Waals surface area contributed by atoms with E-state index in [-0.39, 0.29) is 15.9 Å².